The predicted molar refractivity (Wildman–Crippen MR) is 89.9 cm³/mol. The molecule has 0 amide bonds. The van der Waals surface area contributed by atoms with E-state index in [4.69, 9.17) is 5.73 Å². The molecule has 3 rings (SSSR count). The first kappa shape index (κ1) is 14.3. The third-order valence-corrected chi connectivity index (χ3v) is 5.45. The summed E-state index contributed by atoms with van der Waals surface area (Å²) in [7, 11) is 0. The van der Waals surface area contributed by atoms with Crippen LogP contribution in [0.1, 0.15) is 38.7 Å². The lowest BCUT2D eigenvalue weighted by Crippen LogP contribution is -2.48. The molecule has 3 unspecified atom stereocenters. The summed E-state index contributed by atoms with van der Waals surface area (Å²) in [5.41, 5.74) is 10.5. The lowest BCUT2D eigenvalue weighted by atomic mass is 9.66. The van der Waals surface area contributed by atoms with Crippen LogP contribution in [-0.2, 0) is 5.54 Å². The summed E-state index contributed by atoms with van der Waals surface area (Å²) in [4.78, 5) is 0. The van der Waals surface area contributed by atoms with Crippen molar-refractivity contribution in [3.8, 4) is 11.1 Å². The SMILES string of the molecule is CC1CCCC(N)(c2ccc(-c3ccccc3)cc2)C1C. The zero-order valence-corrected chi connectivity index (χ0v) is 13.0. The Morgan fingerprint density at radius 1 is 0.905 bits per heavy atom. The van der Waals surface area contributed by atoms with Crippen LogP contribution >= 0.6 is 0 Å². The van der Waals surface area contributed by atoms with E-state index in [1.807, 2.05) is 0 Å². The third-order valence-electron chi connectivity index (χ3n) is 5.45. The Labute approximate surface area is 128 Å². The molecular formula is C20H25N. The number of rotatable bonds is 2. The van der Waals surface area contributed by atoms with Crippen LogP contribution in [0.25, 0.3) is 11.1 Å². The molecule has 1 aliphatic carbocycles. The minimum atomic E-state index is -0.160. The molecule has 1 heteroatoms. The predicted octanol–water partition coefficient (Wildman–Crippen LogP) is 4.96. The van der Waals surface area contributed by atoms with Crippen LogP contribution in [0, 0.1) is 11.8 Å². The van der Waals surface area contributed by atoms with Gasteiger partial charge in [-0.2, -0.15) is 0 Å². The van der Waals surface area contributed by atoms with E-state index in [0.29, 0.717) is 11.8 Å². The summed E-state index contributed by atoms with van der Waals surface area (Å²) in [6.45, 7) is 4.65. The van der Waals surface area contributed by atoms with E-state index in [-0.39, 0.29) is 5.54 Å². The van der Waals surface area contributed by atoms with Gasteiger partial charge < -0.3 is 5.73 Å². The van der Waals surface area contributed by atoms with Gasteiger partial charge in [0.2, 0.25) is 0 Å². The van der Waals surface area contributed by atoms with Crippen LogP contribution in [0.3, 0.4) is 0 Å². The van der Waals surface area contributed by atoms with Crippen LogP contribution in [0.4, 0.5) is 0 Å². The Hall–Kier alpha value is -1.60. The molecule has 0 radical (unpaired) electrons. The summed E-state index contributed by atoms with van der Waals surface area (Å²) in [5.74, 6) is 1.24. The highest BCUT2D eigenvalue weighted by molar-refractivity contribution is 5.63. The fourth-order valence-corrected chi connectivity index (χ4v) is 3.71. The van der Waals surface area contributed by atoms with Gasteiger partial charge in [0.15, 0.2) is 0 Å². The minimum absolute atomic E-state index is 0.160. The van der Waals surface area contributed by atoms with E-state index in [0.717, 1.165) is 6.42 Å². The average Bonchev–Trinajstić information content (AvgIpc) is 2.54. The van der Waals surface area contributed by atoms with E-state index >= 15 is 0 Å². The van der Waals surface area contributed by atoms with Gasteiger partial charge in [0.05, 0.1) is 0 Å². The molecule has 2 aromatic rings. The van der Waals surface area contributed by atoms with Crippen LogP contribution in [-0.4, -0.2) is 0 Å². The van der Waals surface area contributed by atoms with Crippen molar-refractivity contribution in [1.82, 2.24) is 0 Å². The highest BCUT2D eigenvalue weighted by Gasteiger charge is 2.39. The number of hydrogen-bond acceptors (Lipinski definition) is 1. The van der Waals surface area contributed by atoms with E-state index in [1.165, 1.54) is 29.5 Å². The first-order valence-corrected chi connectivity index (χ1v) is 8.06. The van der Waals surface area contributed by atoms with Gasteiger partial charge in [-0.15, -0.1) is 0 Å². The van der Waals surface area contributed by atoms with Gasteiger partial charge in [-0.1, -0.05) is 81.3 Å². The molecule has 0 saturated heterocycles. The minimum Gasteiger partial charge on any atom is -0.321 e. The monoisotopic (exact) mass is 279 g/mol. The maximum absolute atomic E-state index is 6.80. The quantitative estimate of drug-likeness (QED) is 0.825. The van der Waals surface area contributed by atoms with E-state index in [1.54, 1.807) is 0 Å². The Kier molecular flexibility index (Phi) is 3.86. The zero-order chi connectivity index (χ0) is 14.9. The summed E-state index contributed by atoms with van der Waals surface area (Å²) in [5, 5.41) is 0. The Morgan fingerprint density at radius 2 is 1.52 bits per heavy atom. The second-order valence-electron chi connectivity index (χ2n) is 6.64. The Bertz CT molecular complexity index is 587. The largest absolute Gasteiger partial charge is 0.321 e. The molecule has 3 atom stereocenters. The van der Waals surface area contributed by atoms with E-state index in [9.17, 15) is 0 Å². The average molecular weight is 279 g/mol. The molecule has 21 heavy (non-hydrogen) atoms. The number of benzene rings is 2. The lowest BCUT2D eigenvalue weighted by Gasteiger charge is -2.43. The van der Waals surface area contributed by atoms with Crippen LogP contribution < -0.4 is 5.73 Å². The fraction of sp³-hybridized carbons (Fsp3) is 0.400. The van der Waals surface area contributed by atoms with Gasteiger partial charge in [0.25, 0.3) is 0 Å². The first-order valence-electron chi connectivity index (χ1n) is 8.06. The molecule has 0 aliphatic heterocycles. The topological polar surface area (TPSA) is 26.0 Å². The summed E-state index contributed by atoms with van der Waals surface area (Å²) >= 11 is 0. The van der Waals surface area contributed by atoms with Gasteiger partial charge in [0.1, 0.15) is 0 Å². The van der Waals surface area contributed by atoms with Gasteiger partial charge in [-0.05, 0) is 34.9 Å². The van der Waals surface area contributed by atoms with Crippen LogP contribution in [0.2, 0.25) is 0 Å². The summed E-state index contributed by atoms with van der Waals surface area (Å²) in [6.07, 6.45) is 3.65. The summed E-state index contributed by atoms with van der Waals surface area (Å²) in [6, 6.07) is 19.4. The van der Waals surface area contributed by atoms with Gasteiger partial charge in [-0.3, -0.25) is 0 Å². The molecule has 2 N–H and O–H groups in total. The van der Waals surface area contributed by atoms with Crippen molar-refractivity contribution in [2.45, 2.75) is 38.6 Å². The zero-order valence-electron chi connectivity index (χ0n) is 13.0. The fourth-order valence-electron chi connectivity index (χ4n) is 3.71. The van der Waals surface area contributed by atoms with Crippen molar-refractivity contribution in [2.24, 2.45) is 17.6 Å². The van der Waals surface area contributed by atoms with Crippen molar-refractivity contribution in [3.63, 3.8) is 0 Å². The maximum atomic E-state index is 6.80. The van der Waals surface area contributed by atoms with Crippen molar-refractivity contribution in [1.29, 1.82) is 0 Å². The van der Waals surface area contributed by atoms with Crippen molar-refractivity contribution in [2.75, 3.05) is 0 Å². The molecule has 0 spiro atoms. The van der Waals surface area contributed by atoms with Crippen LogP contribution in [0.15, 0.2) is 54.6 Å². The summed E-state index contributed by atoms with van der Waals surface area (Å²) < 4.78 is 0. The number of nitrogens with two attached hydrogens (primary N) is 1. The molecule has 1 fully saturated rings. The second-order valence-corrected chi connectivity index (χ2v) is 6.64. The molecule has 1 nitrogen and oxygen atoms in total. The highest BCUT2D eigenvalue weighted by Crippen LogP contribution is 2.42. The third kappa shape index (κ3) is 2.63. The van der Waals surface area contributed by atoms with Gasteiger partial charge in [-0.25, -0.2) is 0 Å². The van der Waals surface area contributed by atoms with Gasteiger partial charge in [0, 0.05) is 5.54 Å². The normalized spacial score (nSPS) is 29.3. The molecule has 0 aromatic heterocycles. The lowest BCUT2D eigenvalue weighted by molar-refractivity contribution is 0.144. The Morgan fingerprint density at radius 3 is 2.19 bits per heavy atom. The van der Waals surface area contributed by atoms with Crippen molar-refractivity contribution >= 4 is 0 Å². The molecule has 2 aromatic carbocycles. The second kappa shape index (κ2) is 5.65. The van der Waals surface area contributed by atoms with Crippen LogP contribution in [0.5, 0.6) is 0 Å². The maximum Gasteiger partial charge on any atom is 0.0438 e. The highest BCUT2D eigenvalue weighted by atomic mass is 14.8. The molecule has 1 saturated carbocycles. The van der Waals surface area contributed by atoms with Gasteiger partial charge >= 0.3 is 0 Å². The smallest absolute Gasteiger partial charge is 0.0438 e. The molecule has 110 valence electrons. The molecule has 0 heterocycles. The van der Waals surface area contributed by atoms with Crippen molar-refractivity contribution in [3.05, 3.63) is 60.2 Å². The van der Waals surface area contributed by atoms with Crippen molar-refractivity contribution < 1.29 is 0 Å². The Balaban J connectivity index is 1.90. The molecular weight excluding hydrogens is 254 g/mol. The van der Waals surface area contributed by atoms with E-state index in [2.05, 4.69) is 68.4 Å². The standard InChI is InChI=1S/C20H25N/c1-15-7-6-14-20(21,16(15)2)19-12-10-18(11-13-19)17-8-4-3-5-9-17/h3-5,8-13,15-16H,6-7,14,21H2,1-2H3. The number of hydrogen-bond donors (Lipinski definition) is 1. The first-order chi connectivity index (χ1) is 10.1. The molecule has 1 aliphatic rings. The van der Waals surface area contributed by atoms with E-state index < -0.39 is 0 Å². The molecule has 0 bridgehead atoms.